The normalized spacial score (nSPS) is 18.4. The second-order valence-electron chi connectivity index (χ2n) is 4.53. The number of carbonyl (C=O) groups excluding carboxylic acids is 1. The highest BCUT2D eigenvalue weighted by molar-refractivity contribution is 7.92. The van der Waals surface area contributed by atoms with Gasteiger partial charge in [0, 0.05) is 12.2 Å². The summed E-state index contributed by atoms with van der Waals surface area (Å²) in [5.74, 6) is -0.207. The summed E-state index contributed by atoms with van der Waals surface area (Å²) >= 11 is 0. The topological polar surface area (TPSA) is 96.5 Å². The highest BCUT2D eigenvalue weighted by Gasteiger charge is 2.21. The van der Waals surface area contributed by atoms with Gasteiger partial charge in [-0.25, -0.2) is 8.42 Å². The van der Waals surface area contributed by atoms with E-state index in [-0.39, 0.29) is 18.3 Å². The lowest BCUT2D eigenvalue weighted by molar-refractivity contribution is -0.120. The van der Waals surface area contributed by atoms with E-state index in [1.54, 1.807) is 24.3 Å². The van der Waals surface area contributed by atoms with Crippen LogP contribution in [0.3, 0.4) is 0 Å². The van der Waals surface area contributed by atoms with Gasteiger partial charge in [-0.3, -0.25) is 9.52 Å². The number of carbonyl (C=O) groups is 1. The van der Waals surface area contributed by atoms with Crippen molar-refractivity contribution >= 4 is 39.7 Å². The van der Waals surface area contributed by atoms with Gasteiger partial charge < -0.3 is 15.4 Å². The van der Waals surface area contributed by atoms with Crippen LogP contribution in [0.2, 0.25) is 0 Å². The van der Waals surface area contributed by atoms with Crippen molar-refractivity contribution < 1.29 is 17.9 Å². The molecule has 1 aliphatic heterocycles. The van der Waals surface area contributed by atoms with Crippen LogP contribution in [0.4, 0.5) is 11.4 Å². The molecule has 21 heavy (non-hydrogen) atoms. The minimum absolute atomic E-state index is 0. The fourth-order valence-corrected chi connectivity index (χ4v) is 2.39. The van der Waals surface area contributed by atoms with Crippen molar-refractivity contribution in [2.24, 2.45) is 0 Å². The monoisotopic (exact) mass is 335 g/mol. The fraction of sp³-hybridized carbons (Fsp3) is 0.417. The fourth-order valence-electron chi connectivity index (χ4n) is 1.84. The third-order valence-electron chi connectivity index (χ3n) is 2.67. The van der Waals surface area contributed by atoms with Crippen LogP contribution in [-0.4, -0.2) is 46.4 Å². The molecule has 1 amide bonds. The molecule has 0 spiro atoms. The highest BCUT2D eigenvalue weighted by atomic mass is 35.5. The molecule has 1 aromatic carbocycles. The molecule has 0 aliphatic carbocycles. The molecular formula is C12H18ClN3O4S. The number of nitrogens with one attached hydrogen (secondary N) is 3. The van der Waals surface area contributed by atoms with Gasteiger partial charge in [-0.05, 0) is 18.2 Å². The minimum Gasteiger partial charge on any atom is -0.378 e. The van der Waals surface area contributed by atoms with Gasteiger partial charge in [-0.15, -0.1) is 12.4 Å². The first kappa shape index (κ1) is 17.7. The summed E-state index contributed by atoms with van der Waals surface area (Å²) in [6.07, 6.45) is 1.07. The van der Waals surface area contributed by atoms with E-state index in [4.69, 9.17) is 4.74 Å². The summed E-state index contributed by atoms with van der Waals surface area (Å²) in [7, 11) is -3.34. The Labute approximate surface area is 129 Å². The number of halogens is 1. The first-order valence-electron chi connectivity index (χ1n) is 6.14. The van der Waals surface area contributed by atoms with Crippen LogP contribution in [0.15, 0.2) is 24.3 Å². The number of hydrogen-bond donors (Lipinski definition) is 3. The van der Waals surface area contributed by atoms with Gasteiger partial charge in [0.15, 0.2) is 0 Å². The van der Waals surface area contributed by atoms with Crippen molar-refractivity contribution in [3.05, 3.63) is 24.3 Å². The number of benzene rings is 1. The number of hydrogen-bond acceptors (Lipinski definition) is 5. The lowest BCUT2D eigenvalue weighted by atomic mass is 10.2. The Hall–Kier alpha value is -1.35. The van der Waals surface area contributed by atoms with Gasteiger partial charge in [0.1, 0.15) is 6.04 Å². The Bertz CT molecular complexity index is 588. The van der Waals surface area contributed by atoms with Crippen molar-refractivity contribution in [2.45, 2.75) is 6.04 Å². The largest absolute Gasteiger partial charge is 0.378 e. The lowest BCUT2D eigenvalue weighted by Gasteiger charge is -2.23. The second kappa shape index (κ2) is 7.60. The molecule has 1 heterocycles. The maximum atomic E-state index is 12.0. The van der Waals surface area contributed by atoms with Crippen LogP contribution < -0.4 is 15.4 Å². The van der Waals surface area contributed by atoms with Gasteiger partial charge in [0.05, 0.1) is 25.2 Å². The summed E-state index contributed by atoms with van der Waals surface area (Å²) in [6.45, 7) is 1.55. The molecule has 0 saturated carbocycles. The van der Waals surface area contributed by atoms with E-state index >= 15 is 0 Å². The van der Waals surface area contributed by atoms with Crippen molar-refractivity contribution in [3.63, 3.8) is 0 Å². The van der Waals surface area contributed by atoms with Crippen LogP contribution in [-0.2, 0) is 19.6 Å². The average Bonchev–Trinajstić information content (AvgIpc) is 2.38. The molecule has 1 fully saturated rings. The van der Waals surface area contributed by atoms with Crippen LogP contribution in [0.5, 0.6) is 0 Å². The zero-order valence-corrected chi connectivity index (χ0v) is 13.1. The van der Waals surface area contributed by atoms with E-state index < -0.39 is 16.1 Å². The molecule has 1 saturated heterocycles. The highest BCUT2D eigenvalue weighted by Crippen LogP contribution is 2.16. The van der Waals surface area contributed by atoms with Gasteiger partial charge in [0.2, 0.25) is 15.9 Å². The van der Waals surface area contributed by atoms with Crippen LogP contribution in [0.25, 0.3) is 0 Å². The van der Waals surface area contributed by atoms with Gasteiger partial charge in [-0.2, -0.15) is 0 Å². The summed E-state index contributed by atoms with van der Waals surface area (Å²) < 4.78 is 29.9. The van der Waals surface area contributed by atoms with Crippen LogP contribution in [0, 0.1) is 0 Å². The number of ether oxygens (including phenoxy) is 1. The van der Waals surface area contributed by atoms with Crippen LogP contribution >= 0.6 is 12.4 Å². The molecule has 3 N–H and O–H groups in total. The molecule has 1 aromatic rings. The Morgan fingerprint density at radius 2 is 2.10 bits per heavy atom. The van der Waals surface area contributed by atoms with Crippen molar-refractivity contribution in [3.8, 4) is 0 Å². The third kappa shape index (κ3) is 5.88. The SMILES string of the molecule is CS(=O)(=O)Nc1cccc(NC(=O)C2COCCN2)c1.Cl. The predicted octanol–water partition coefficient (Wildman–Crippen LogP) is 0.407. The van der Waals surface area contributed by atoms with Gasteiger partial charge in [-0.1, -0.05) is 6.07 Å². The molecule has 118 valence electrons. The second-order valence-corrected chi connectivity index (χ2v) is 6.27. The zero-order valence-electron chi connectivity index (χ0n) is 11.5. The van der Waals surface area contributed by atoms with Gasteiger partial charge in [0.25, 0.3) is 0 Å². The molecule has 0 bridgehead atoms. The van der Waals surface area contributed by atoms with Crippen molar-refractivity contribution in [1.29, 1.82) is 0 Å². The third-order valence-corrected chi connectivity index (χ3v) is 3.28. The van der Waals surface area contributed by atoms with Crippen molar-refractivity contribution in [1.82, 2.24) is 5.32 Å². The minimum atomic E-state index is -3.34. The molecule has 7 nitrogen and oxygen atoms in total. The molecule has 1 unspecified atom stereocenters. The molecule has 0 radical (unpaired) electrons. The Kier molecular flexibility index (Phi) is 6.41. The lowest BCUT2D eigenvalue weighted by Crippen LogP contribution is -2.48. The Balaban J connectivity index is 0.00000220. The Morgan fingerprint density at radius 1 is 1.38 bits per heavy atom. The summed E-state index contributed by atoms with van der Waals surface area (Å²) in [6, 6.07) is 6.12. The molecule has 0 aromatic heterocycles. The van der Waals surface area contributed by atoms with Crippen LogP contribution in [0.1, 0.15) is 0 Å². The maximum absolute atomic E-state index is 12.0. The standard InChI is InChI=1S/C12H17N3O4S.ClH/c1-20(17,18)15-10-4-2-3-9(7-10)14-12(16)11-8-19-6-5-13-11;/h2-4,7,11,13,15H,5-6,8H2,1H3,(H,14,16);1H. The van der Waals surface area contributed by atoms with E-state index in [1.165, 1.54) is 0 Å². The molecular weight excluding hydrogens is 318 g/mol. The number of amides is 1. The summed E-state index contributed by atoms with van der Waals surface area (Å²) in [5.41, 5.74) is 0.925. The van der Waals surface area contributed by atoms with Crippen molar-refractivity contribution in [2.75, 3.05) is 36.1 Å². The predicted molar refractivity (Wildman–Crippen MR) is 83.4 cm³/mol. The first-order chi connectivity index (χ1) is 9.44. The maximum Gasteiger partial charge on any atom is 0.243 e. The molecule has 1 atom stereocenters. The number of morpholine rings is 1. The van der Waals surface area contributed by atoms with E-state index in [2.05, 4.69) is 15.4 Å². The number of anilines is 2. The first-order valence-corrected chi connectivity index (χ1v) is 8.03. The molecule has 9 heteroatoms. The molecule has 1 aliphatic rings. The smallest absolute Gasteiger partial charge is 0.243 e. The average molecular weight is 336 g/mol. The molecule has 2 rings (SSSR count). The Morgan fingerprint density at radius 3 is 2.71 bits per heavy atom. The van der Waals surface area contributed by atoms with E-state index in [1.807, 2.05) is 0 Å². The van der Waals surface area contributed by atoms with E-state index in [9.17, 15) is 13.2 Å². The summed E-state index contributed by atoms with van der Waals surface area (Å²) in [4.78, 5) is 12.0. The van der Waals surface area contributed by atoms with E-state index in [0.29, 0.717) is 31.1 Å². The number of sulfonamides is 1. The van der Waals surface area contributed by atoms with Gasteiger partial charge >= 0.3 is 0 Å². The summed E-state index contributed by atoms with van der Waals surface area (Å²) in [5, 5.41) is 5.76. The zero-order chi connectivity index (χ0) is 14.6. The number of rotatable bonds is 4. The quantitative estimate of drug-likeness (QED) is 0.740. The van der Waals surface area contributed by atoms with E-state index in [0.717, 1.165) is 6.26 Å².